The summed E-state index contributed by atoms with van der Waals surface area (Å²) in [4.78, 5) is 23.9. The average molecular weight is 414 g/mol. The van der Waals surface area contributed by atoms with Gasteiger partial charge in [0, 0.05) is 6.08 Å². The number of methoxy groups -OCH3 is 3. The number of nitrogens with one attached hydrogen (secondary N) is 2. The van der Waals surface area contributed by atoms with Gasteiger partial charge in [-0.05, 0) is 54.8 Å². The predicted molar refractivity (Wildman–Crippen MR) is 113 cm³/mol. The number of hydrogen-bond acceptors (Lipinski definition) is 6. The second-order valence-corrected chi connectivity index (χ2v) is 6.39. The van der Waals surface area contributed by atoms with Crippen molar-refractivity contribution in [2.45, 2.75) is 13.8 Å². The van der Waals surface area contributed by atoms with Crippen LogP contribution >= 0.6 is 0 Å². The van der Waals surface area contributed by atoms with E-state index in [0.717, 1.165) is 11.1 Å². The maximum absolute atomic E-state index is 12.0. The van der Waals surface area contributed by atoms with Gasteiger partial charge in [-0.2, -0.15) is 0 Å². The SMILES string of the molecule is COc1cc(/C=C/C(=O)NNC(=O)COc2cc(C)ccc2C)cc(OC)c1OC. The molecule has 0 saturated carbocycles. The molecule has 8 nitrogen and oxygen atoms in total. The third kappa shape index (κ3) is 6.16. The number of rotatable bonds is 8. The molecule has 0 heterocycles. The van der Waals surface area contributed by atoms with Crippen molar-refractivity contribution in [1.82, 2.24) is 10.9 Å². The van der Waals surface area contributed by atoms with Gasteiger partial charge in [0.25, 0.3) is 11.8 Å². The van der Waals surface area contributed by atoms with E-state index in [2.05, 4.69) is 10.9 Å². The van der Waals surface area contributed by atoms with E-state index >= 15 is 0 Å². The second kappa shape index (κ2) is 10.8. The first-order valence-electron chi connectivity index (χ1n) is 9.15. The van der Waals surface area contributed by atoms with E-state index in [1.165, 1.54) is 27.4 Å². The molecule has 0 unspecified atom stereocenters. The lowest BCUT2D eigenvalue weighted by atomic mass is 10.1. The molecule has 0 spiro atoms. The van der Waals surface area contributed by atoms with Crippen LogP contribution in [0, 0.1) is 13.8 Å². The number of aryl methyl sites for hydroxylation is 2. The van der Waals surface area contributed by atoms with Crippen LogP contribution in [0.15, 0.2) is 36.4 Å². The largest absolute Gasteiger partial charge is 0.493 e. The molecular formula is C22H26N2O6. The number of hydrazine groups is 1. The summed E-state index contributed by atoms with van der Waals surface area (Å²) < 4.78 is 21.3. The predicted octanol–water partition coefficient (Wildman–Crippen LogP) is 2.57. The fourth-order valence-electron chi connectivity index (χ4n) is 2.58. The molecule has 0 fully saturated rings. The van der Waals surface area contributed by atoms with Crippen molar-refractivity contribution in [1.29, 1.82) is 0 Å². The van der Waals surface area contributed by atoms with Gasteiger partial charge in [-0.15, -0.1) is 0 Å². The molecule has 2 N–H and O–H groups in total. The fourth-order valence-corrected chi connectivity index (χ4v) is 2.58. The Morgan fingerprint density at radius 1 is 0.900 bits per heavy atom. The van der Waals surface area contributed by atoms with Crippen LogP contribution < -0.4 is 29.8 Å². The van der Waals surface area contributed by atoms with Gasteiger partial charge in [0.15, 0.2) is 18.1 Å². The Labute approximate surface area is 175 Å². The van der Waals surface area contributed by atoms with Crippen molar-refractivity contribution in [3.63, 3.8) is 0 Å². The summed E-state index contributed by atoms with van der Waals surface area (Å²) in [5, 5.41) is 0. The molecule has 0 atom stereocenters. The highest BCUT2D eigenvalue weighted by atomic mass is 16.5. The maximum Gasteiger partial charge on any atom is 0.276 e. The van der Waals surface area contributed by atoms with Crippen LogP contribution in [0.3, 0.4) is 0 Å². The van der Waals surface area contributed by atoms with Crippen LogP contribution in [0.25, 0.3) is 6.08 Å². The quantitative estimate of drug-likeness (QED) is 0.509. The number of carbonyl (C=O) groups excluding carboxylic acids is 2. The molecule has 0 bridgehead atoms. The van der Waals surface area contributed by atoms with E-state index in [4.69, 9.17) is 18.9 Å². The first-order chi connectivity index (χ1) is 14.4. The minimum Gasteiger partial charge on any atom is -0.493 e. The number of benzene rings is 2. The van der Waals surface area contributed by atoms with Gasteiger partial charge in [-0.25, -0.2) is 0 Å². The molecule has 2 rings (SSSR count). The molecule has 0 aliphatic carbocycles. The van der Waals surface area contributed by atoms with Crippen LogP contribution in [-0.2, 0) is 9.59 Å². The van der Waals surface area contributed by atoms with E-state index in [9.17, 15) is 9.59 Å². The summed E-state index contributed by atoms with van der Waals surface area (Å²) in [5.41, 5.74) is 7.21. The number of hydrogen-bond donors (Lipinski definition) is 2. The highest BCUT2D eigenvalue weighted by Gasteiger charge is 2.12. The van der Waals surface area contributed by atoms with Crippen LogP contribution in [0.2, 0.25) is 0 Å². The van der Waals surface area contributed by atoms with Crippen molar-refractivity contribution in [3.8, 4) is 23.0 Å². The number of carbonyl (C=O) groups is 2. The normalized spacial score (nSPS) is 10.4. The Morgan fingerprint density at radius 2 is 1.57 bits per heavy atom. The minimum absolute atomic E-state index is 0.221. The Hall–Kier alpha value is -3.68. The van der Waals surface area contributed by atoms with Gasteiger partial charge in [-0.3, -0.25) is 20.4 Å². The molecule has 8 heteroatoms. The van der Waals surface area contributed by atoms with Crippen molar-refractivity contribution in [2.75, 3.05) is 27.9 Å². The van der Waals surface area contributed by atoms with Crippen LogP contribution in [-0.4, -0.2) is 39.8 Å². The Balaban J connectivity index is 1.90. The van der Waals surface area contributed by atoms with Crippen molar-refractivity contribution in [3.05, 3.63) is 53.1 Å². The lowest BCUT2D eigenvalue weighted by Crippen LogP contribution is -2.43. The van der Waals surface area contributed by atoms with Gasteiger partial charge in [0.2, 0.25) is 5.75 Å². The number of ether oxygens (including phenoxy) is 4. The molecule has 0 radical (unpaired) electrons. The highest BCUT2D eigenvalue weighted by Crippen LogP contribution is 2.38. The smallest absolute Gasteiger partial charge is 0.276 e. The van der Waals surface area contributed by atoms with Gasteiger partial charge in [0.05, 0.1) is 21.3 Å². The van der Waals surface area contributed by atoms with Crippen LogP contribution in [0.5, 0.6) is 23.0 Å². The monoisotopic (exact) mass is 414 g/mol. The van der Waals surface area contributed by atoms with Gasteiger partial charge < -0.3 is 18.9 Å². The van der Waals surface area contributed by atoms with Crippen molar-refractivity contribution >= 4 is 17.9 Å². The fraction of sp³-hybridized carbons (Fsp3) is 0.273. The zero-order chi connectivity index (χ0) is 22.1. The van der Waals surface area contributed by atoms with Crippen molar-refractivity contribution < 1.29 is 28.5 Å². The summed E-state index contributed by atoms with van der Waals surface area (Å²) in [6, 6.07) is 9.12. The summed E-state index contributed by atoms with van der Waals surface area (Å²) in [6.45, 7) is 3.61. The lowest BCUT2D eigenvalue weighted by Gasteiger charge is -2.12. The molecule has 30 heavy (non-hydrogen) atoms. The molecule has 0 saturated heterocycles. The second-order valence-electron chi connectivity index (χ2n) is 6.39. The zero-order valence-corrected chi connectivity index (χ0v) is 17.7. The van der Waals surface area contributed by atoms with Crippen LogP contribution in [0.1, 0.15) is 16.7 Å². The summed E-state index contributed by atoms with van der Waals surface area (Å²) >= 11 is 0. The third-order valence-corrected chi connectivity index (χ3v) is 4.14. The van der Waals surface area contributed by atoms with Crippen LogP contribution in [0.4, 0.5) is 0 Å². The molecule has 2 amide bonds. The Bertz CT molecular complexity index is 914. The molecule has 2 aromatic carbocycles. The van der Waals surface area contributed by atoms with Crippen molar-refractivity contribution in [2.24, 2.45) is 0 Å². The lowest BCUT2D eigenvalue weighted by molar-refractivity contribution is -0.128. The van der Waals surface area contributed by atoms with E-state index in [-0.39, 0.29) is 6.61 Å². The third-order valence-electron chi connectivity index (χ3n) is 4.14. The molecule has 160 valence electrons. The number of amides is 2. The molecule has 0 aromatic heterocycles. The summed E-state index contributed by atoms with van der Waals surface area (Å²) in [5.74, 6) is 1.02. The molecule has 0 aliphatic heterocycles. The van der Waals surface area contributed by atoms with E-state index in [1.807, 2.05) is 32.0 Å². The van der Waals surface area contributed by atoms with E-state index < -0.39 is 11.8 Å². The zero-order valence-electron chi connectivity index (χ0n) is 17.7. The minimum atomic E-state index is -0.510. The van der Waals surface area contributed by atoms with Gasteiger partial charge in [0.1, 0.15) is 5.75 Å². The first-order valence-corrected chi connectivity index (χ1v) is 9.15. The molecule has 2 aromatic rings. The highest BCUT2D eigenvalue weighted by molar-refractivity contribution is 5.93. The topological polar surface area (TPSA) is 95.1 Å². The van der Waals surface area contributed by atoms with Gasteiger partial charge in [-0.1, -0.05) is 12.1 Å². The Morgan fingerprint density at radius 3 is 2.17 bits per heavy atom. The standard InChI is InChI=1S/C22H26N2O6/c1-14-6-7-15(2)17(10-14)30-13-21(26)24-23-20(25)9-8-16-11-18(27-3)22(29-5)19(12-16)28-4/h6-12H,13H2,1-5H3,(H,23,25)(H,24,26)/b9-8+. The maximum atomic E-state index is 12.0. The van der Waals surface area contributed by atoms with E-state index in [0.29, 0.717) is 28.6 Å². The summed E-state index contributed by atoms with van der Waals surface area (Å²) in [6.07, 6.45) is 2.82. The van der Waals surface area contributed by atoms with Gasteiger partial charge >= 0.3 is 0 Å². The molecular weight excluding hydrogens is 388 g/mol. The Kier molecular flexibility index (Phi) is 8.10. The molecule has 0 aliphatic rings. The summed E-state index contributed by atoms with van der Waals surface area (Å²) in [7, 11) is 4.52. The first kappa shape index (κ1) is 22.6. The van der Waals surface area contributed by atoms with E-state index in [1.54, 1.807) is 18.2 Å². The average Bonchev–Trinajstić information content (AvgIpc) is 2.75.